The summed E-state index contributed by atoms with van der Waals surface area (Å²) in [5.41, 5.74) is 0.723. The van der Waals surface area contributed by atoms with Crippen LogP contribution in [0.3, 0.4) is 0 Å². The normalized spacial score (nSPS) is 10.9. The zero-order valence-corrected chi connectivity index (χ0v) is 9.22. The number of aromatic amines is 1. The van der Waals surface area contributed by atoms with Gasteiger partial charge in [0.1, 0.15) is 0 Å². The van der Waals surface area contributed by atoms with Crippen molar-refractivity contribution in [3.63, 3.8) is 0 Å². The second-order valence-electron chi connectivity index (χ2n) is 3.36. The molecule has 0 bridgehead atoms. The van der Waals surface area contributed by atoms with Crippen LogP contribution in [0.1, 0.15) is 0 Å². The molecule has 0 fully saturated rings. The highest BCUT2D eigenvalue weighted by Crippen LogP contribution is 2.17. The third-order valence-electron chi connectivity index (χ3n) is 2.35. The quantitative estimate of drug-likeness (QED) is 0.699. The van der Waals surface area contributed by atoms with Crippen molar-refractivity contribution in [3.05, 3.63) is 46.2 Å². The van der Waals surface area contributed by atoms with Gasteiger partial charge in [0.2, 0.25) is 0 Å². The first kappa shape index (κ1) is 9.98. The average molecular weight is 248 g/mol. The number of aromatic nitrogens is 5. The molecule has 3 heterocycles. The molecule has 3 rings (SSSR count). The monoisotopic (exact) mass is 247 g/mol. The maximum Gasteiger partial charge on any atom is 0.198 e. The molecular formula is C10H6ClN5O. The zero-order valence-electron chi connectivity index (χ0n) is 8.46. The number of fused-ring (bicyclic) bond motifs is 1. The van der Waals surface area contributed by atoms with Crippen LogP contribution in [0.15, 0.2) is 35.6 Å². The lowest BCUT2D eigenvalue weighted by atomic mass is 10.2. The average Bonchev–Trinajstić information content (AvgIpc) is 2.75. The molecule has 17 heavy (non-hydrogen) atoms. The fraction of sp³-hybridized carbons (Fsp3) is 0. The molecule has 84 valence electrons. The summed E-state index contributed by atoms with van der Waals surface area (Å²) in [6, 6.07) is 1.43. The van der Waals surface area contributed by atoms with Crippen molar-refractivity contribution in [3.8, 4) is 11.4 Å². The maximum absolute atomic E-state index is 11.7. The van der Waals surface area contributed by atoms with Crippen LogP contribution in [0, 0.1) is 0 Å². The summed E-state index contributed by atoms with van der Waals surface area (Å²) in [5.74, 6) is 0.436. The number of H-pyrrole nitrogens is 1. The van der Waals surface area contributed by atoms with E-state index in [-0.39, 0.29) is 10.6 Å². The van der Waals surface area contributed by atoms with Crippen molar-refractivity contribution in [1.29, 1.82) is 0 Å². The van der Waals surface area contributed by atoms with E-state index in [2.05, 4.69) is 20.2 Å². The molecule has 0 saturated heterocycles. The predicted octanol–water partition coefficient (Wildman–Crippen LogP) is 1.13. The van der Waals surface area contributed by atoms with Crippen molar-refractivity contribution in [2.45, 2.75) is 0 Å². The number of pyridine rings is 1. The maximum atomic E-state index is 11.7. The number of halogens is 1. The summed E-state index contributed by atoms with van der Waals surface area (Å²) in [5, 5.41) is 8.11. The summed E-state index contributed by atoms with van der Waals surface area (Å²) in [7, 11) is 0. The van der Waals surface area contributed by atoms with Gasteiger partial charge in [0, 0.05) is 30.9 Å². The van der Waals surface area contributed by atoms with Crippen LogP contribution in [0.25, 0.3) is 17.0 Å². The van der Waals surface area contributed by atoms with E-state index in [1.165, 1.54) is 12.3 Å². The lowest BCUT2D eigenvalue weighted by Gasteiger charge is -1.98. The van der Waals surface area contributed by atoms with Gasteiger partial charge in [0.25, 0.3) is 0 Å². The molecule has 7 heteroatoms. The lowest BCUT2D eigenvalue weighted by Crippen LogP contribution is -2.05. The number of rotatable bonds is 1. The SMILES string of the molecule is O=c1cc[nH]cc1-c1nnc2c(Cl)nccn12. The van der Waals surface area contributed by atoms with Gasteiger partial charge in [-0.15, -0.1) is 10.2 Å². The largest absolute Gasteiger partial charge is 0.367 e. The summed E-state index contributed by atoms with van der Waals surface area (Å²) in [6.45, 7) is 0. The standard InChI is InChI=1S/C10H6ClN5O/c11-8-10-15-14-9(16(10)4-3-13-8)6-5-12-2-1-7(6)17/h1-5H,(H,12,17). The van der Waals surface area contributed by atoms with Crippen LogP contribution in [0.4, 0.5) is 0 Å². The molecule has 0 aliphatic heterocycles. The van der Waals surface area contributed by atoms with Crippen LogP contribution in [0.5, 0.6) is 0 Å². The van der Waals surface area contributed by atoms with Crippen LogP contribution >= 0.6 is 11.6 Å². The van der Waals surface area contributed by atoms with Gasteiger partial charge in [0.05, 0.1) is 5.56 Å². The molecule has 0 aliphatic rings. The van der Waals surface area contributed by atoms with Crippen molar-refractivity contribution in [1.82, 2.24) is 24.6 Å². The van der Waals surface area contributed by atoms with Gasteiger partial charge in [-0.05, 0) is 0 Å². The highest BCUT2D eigenvalue weighted by molar-refractivity contribution is 6.32. The molecule has 3 aromatic rings. The van der Waals surface area contributed by atoms with E-state index in [1.54, 1.807) is 23.0 Å². The second kappa shape index (κ2) is 3.67. The fourth-order valence-electron chi connectivity index (χ4n) is 1.57. The van der Waals surface area contributed by atoms with Crippen molar-refractivity contribution < 1.29 is 0 Å². The Morgan fingerprint density at radius 1 is 1.35 bits per heavy atom. The Labute approximate surface area is 99.9 Å². The summed E-state index contributed by atoms with van der Waals surface area (Å²) < 4.78 is 1.62. The summed E-state index contributed by atoms with van der Waals surface area (Å²) in [4.78, 5) is 18.4. The van der Waals surface area contributed by atoms with E-state index in [4.69, 9.17) is 11.6 Å². The Morgan fingerprint density at radius 2 is 2.24 bits per heavy atom. The van der Waals surface area contributed by atoms with E-state index < -0.39 is 0 Å². The third kappa shape index (κ3) is 1.50. The smallest absolute Gasteiger partial charge is 0.198 e. The number of nitrogens with one attached hydrogen (secondary N) is 1. The second-order valence-corrected chi connectivity index (χ2v) is 3.72. The van der Waals surface area contributed by atoms with Crippen LogP contribution < -0.4 is 5.43 Å². The first-order valence-electron chi connectivity index (χ1n) is 4.80. The molecule has 0 radical (unpaired) electrons. The molecule has 0 atom stereocenters. The minimum Gasteiger partial charge on any atom is -0.367 e. The van der Waals surface area contributed by atoms with Crippen LogP contribution in [-0.2, 0) is 0 Å². The van der Waals surface area contributed by atoms with Gasteiger partial charge < -0.3 is 4.98 Å². The van der Waals surface area contributed by atoms with Gasteiger partial charge in [-0.25, -0.2) is 4.98 Å². The van der Waals surface area contributed by atoms with E-state index in [0.29, 0.717) is 17.0 Å². The lowest BCUT2D eigenvalue weighted by molar-refractivity contribution is 1.10. The summed E-state index contributed by atoms with van der Waals surface area (Å²) >= 11 is 5.88. The molecule has 0 amide bonds. The first-order valence-corrected chi connectivity index (χ1v) is 5.18. The number of hydrogen-bond acceptors (Lipinski definition) is 4. The molecule has 0 saturated carbocycles. The fourth-order valence-corrected chi connectivity index (χ4v) is 1.76. The molecular weight excluding hydrogens is 242 g/mol. The van der Waals surface area contributed by atoms with Gasteiger partial charge in [0.15, 0.2) is 22.1 Å². The topological polar surface area (TPSA) is 75.9 Å². The van der Waals surface area contributed by atoms with Crippen molar-refractivity contribution in [2.75, 3.05) is 0 Å². The van der Waals surface area contributed by atoms with E-state index in [0.717, 1.165) is 0 Å². The van der Waals surface area contributed by atoms with Gasteiger partial charge in [-0.3, -0.25) is 9.20 Å². The number of hydrogen-bond donors (Lipinski definition) is 1. The van der Waals surface area contributed by atoms with Gasteiger partial charge in [-0.2, -0.15) is 0 Å². The molecule has 3 aromatic heterocycles. The Morgan fingerprint density at radius 3 is 3.06 bits per heavy atom. The van der Waals surface area contributed by atoms with Crippen molar-refractivity contribution in [2.24, 2.45) is 0 Å². The molecule has 0 aliphatic carbocycles. The van der Waals surface area contributed by atoms with Gasteiger partial charge >= 0.3 is 0 Å². The van der Waals surface area contributed by atoms with E-state index in [9.17, 15) is 4.79 Å². The molecule has 0 unspecified atom stereocenters. The zero-order chi connectivity index (χ0) is 11.8. The minimum absolute atomic E-state index is 0.133. The Bertz CT molecular complexity index is 748. The predicted molar refractivity (Wildman–Crippen MR) is 61.8 cm³/mol. The first-order chi connectivity index (χ1) is 8.27. The Balaban J connectivity index is 2.37. The summed E-state index contributed by atoms with van der Waals surface area (Å²) in [6.07, 6.45) is 6.32. The van der Waals surface area contributed by atoms with Crippen molar-refractivity contribution >= 4 is 17.2 Å². The van der Waals surface area contributed by atoms with Gasteiger partial charge in [-0.1, -0.05) is 11.6 Å². The molecule has 6 nitrogen and oxygen atoms in total. The van der Waals surface area contributed by atoms with Crippen LogP contribution in [-0.4, -0.2) is 24.6 Å². The molecule has 0 spiro atoms. The Hall–Kier alpha value is -2.21. The number of nitrogens with zero attached hydrogens (tertiary/aromatic N) is 4. The van der Waals surface area contributed by atoms with E-state index >= 15 is 0 Å². The highest BCUT2D eigenvalue weighted by Gasteiger charge is 2.12. The van der Waals surface area contributed by atoms with E-state index in [1.807, 2.05) is 0 Å². The molecule has 1 N–H and O–H groups in total. The minimum atomic E-state index is -0.133. The molecule has 0 aromatic carbocycles. The van der Waals surface area contributed by atoms with Crippen LogP contribution in [0.2, 0.25) is 5.15 Å². The Kier molecular flexibility index (Phi) is 2.15. The highest BCUT2D eigenvalue weighted by atomic mass is 35.5. The third-order valence-corrected chi connectivity index (χ3v) is 2.62.